The largest absolute Gasteiger partial charge is 0.456 e. The summed E-state index contributed by atoms with van der Waals surface area (Å²) in [5.41, 5.74) is 1.32. The summed E-state index contributed by atoms with van der Waals surface area (Å²) in [4.78, 5) is 13.3. The second kappa shape index (κ2) is 7.95. The summed E-state index contributed by atoms with van der Waals surface area (Å²) in [6.45, 7) is 7.00. The van der Waals surface area contributed by atoms with E-state index in [4.69, 9.17) is 4.74 Å². The second-order valence-corrected chi connectivity index (χ2v) is 9.01. The molecule has 4 rings (SSSR count). The van der Waals surface area contributed by atoms with E-state index in [0.29, 0.717) is 18.0 Å². The van der Waals surface area contributed by atoms with Crippen LogP contribution in [0.3, 0.4) is 0 Å². The molecule has 2 saturated heterocycles. The number of ether oxygens (including phenoxy) is 1. The third kappa shape index (κ3) is 3.33. The van der Waals surface area contributed by atoms with Gasteiger partial charge in [0.25, 0.3) is 0 Å². The van der Waals surface area contributed by atoms with E-state index in [1.807, 2.05) is 0 Å². The molecule has 2 heterocycles. The number of rotatable bonds is 5. The zero-order valence-electron chi connectivity index (χ0n) is 17.1. The summed E-state index contributed by atoms with van der Waals surface area (Å²) in [5.74, 6) is 0.475. The van der Waals surface area contributed by atoms with E-state index >= 15 is 0 Å². The maximum Gasteiger partial charge on any atom is 0.310 e. The van der Waals surface area contributed by atoms with Gasteiger partial charge in [-0.15, -0.1) is 0 Å². The van der Waals surface area contributed by atoms with Gasteiger partial charge in [-0.3, -0.25) is 4.79 Å². The van der Waals surface area contributed by atoms with Crippen LogP contribution in [0.2, 0.25) is 0 Å². The monoisotopic (exact) mass is 370 g/mol. The number of piperidine rings is 1. The number of likely N-dealkylation sites (N-methyl/N-ethyl adjacent to an activating group) is 1. The van der Waals surface area contributed by atoms with Gasteiger partial charge in [-0.25, -0.2) is 0 Å². The van der Waals surface area contributed by atoms with E-state index in [2.05, 4.69) is 44.2 Å². The highest BCUT2D eigenvalue weighted by atomic mass is 16.5. The van der Waals surface area contributed by atoms with E-state index in [-0.39, 0.29) is 18.0 Å². The molecular weight excluding hydrogens is 334 g/mol. The number of fused-ring (bicyclic) bond motifs is 2. The molecule has 1 aromatic carbocycles. The van der Waals surface area contributed by atoms with Gasteiger partial charge in [0.1, 0.15) is 6.04 Å². The summed E-state index contributed by atoms with van der Waals surface area (Å²) in [5, 5.41) is 0. The predicted molar refractivity (Wildman–Crippen MR) is 108 cm³/mol. The zero-order valence-corrected chi connectivity index (χ0v) is 17.1. The highest BCUT2D eigenvalue weighted by Crippen LogP contribution is 2.45. The van der Waals surface area contributed by atoms with Crippen LogP contribution in [0.25, 0.3) is 0 Å². The maximum absolute atomic E-state index is 13.3. The third-order valence-electron chi connectivity index (χ3n) is 8.10. The molecule has 3 nitrogen and oxygen atoms in total. The van der Waals surface area contributed by atoms with Crippen LogP contribution in [0.4, 0.5) is 0 Å². The SMILES string of the molecule is CC[N+]1(CC)[C@H]2CCC[C@@H]1[C@H](OC(=O)C1CCCCC1c1ccccc1)C2. The molecule has 5 atom stereocenters. The highest BCUT2D eigenvalue weighted by molar-refractivity contribution is 5.74. The molecule has 3 heteroatoms. The van der Waals surface area contributed by atoms with E-state index in [9.17, 15) is 4.79 Å². The molecule has 2 bridgehead atoms. The number of benzene rings is 1. The van der Waals surface area contributed by atoms with E-state index < -0.39 is 0 Å². The first kappa shape index (κ1) is 19.0. The van der Waals surface area contributed by atoms with E-state index in [0.717, 1.165) is 25.7 Å². The number of nitrogens with zero attached hydrogens (tertiary/aromatic N) is 1. The van der Waals surface area contributed by atoms with E-state index in [1.165, 1.54) is 48.8 Å². The summed E-state index contributed by atoms with van der Waals surface area (Å²) >= 11 is 0. The fourth-order valence-electron chi connectivity index (χ4n) is 6.70. The van der Waals surface area contributed by atoms with Crippen molar-refractivity contribution in [3.8, 4) is 0 Å². The average Bonchev–Trinajstić information content (AvgIpc) is 2.86. The Morgan fingerprint density at radius 2 is 1.74 bits per heavy atom. The zero-order chi connectivity index (χ0) is 18.9. The van der Waals surface area contributed by atoms with Crippen LogP contribution in [0, 0.1) is 5.92 Å². The third-order valence-corrected chi connectivity index (χ3v) is 8.10. The Kier molecular flexibility index (Phi) is 5.59. The lowest BCUT2D eigenvalue weighted by molar-refractivity contribution is -0.963. The Morgan fingerprint density at radius 3 is 2.44 bits per heavy atom. The molecule has 0 N–H and O–H groups in total. The van der Waals surface area contributed by atoms with E-state index in [1.54, 1.807) is 0 Å². The summed E-state index contributed by atoms with van der Waals surface area (Å²) < 4.78 is 7.51. The van der Waals surface area contributed by atoms with Gasteiger partial charge < -0.3 is 9.22 Å². The van der Waals surface area contributed by atoms with Crippen molar-refractivity contribution >= 4 is 5.97 Å². The predicted octanol–water partition coefficient (Wildman–Crippen LogP) is 5.05. The second-order valence-electron chi connectivity index (χ2n) is 9.01. The van der Waals surface area contributed by atoms with Crippen molar-refractivity contribution in [3.05, 3.63) is 35.9 Å². The first-order chi connectivity index (χ1) is 13.2. The van der Waals surface area contributed by atoms with Gasteiger partial charge in [0, 0.05) is 12.8 Å². The Bertz CT molecular complexity index is 639. The van der Waals surface area contributed by atoms with Gasteiger partial charge in [-0.2, -0.15) is 0 Å². The minimum Gasteiger partial charge on any atom is -0.456 e. The highest BCUT2D eigenvalue weighted by Gasteiger charge is 2.56. The summed E-state index contributed by atoms with van der Waals surface area (Å²) in [6, 6.07) is 11.9. The lowest BCUT2D eigenvalue weighted by Gasteiger charge is -2.47. The minimum absolute atomic E-state index is 0.0479. The molecule has 1 saturated carbocycles. The smallest absolute Gasteiger partial charge is 0.310 e. The number of carbonyl (C=O) groups excluding carboxylic acids is 1. The molecule has 148 valence electrons. The first-order valence-electron chi connectivity index (χ1n) is 11.3. The molecule has 1 aliphatic carbocycles. The van der Waals surface area contributed by atoms with Crippen molar-refractivity contribution in [1.82, 2.24) is 0 Å². The maximum atomic E-state index is 13.3. The normalized spacial score (nSPS) is 35.0. The van der Waals surface area contributed by atoms with Crippen molar-refractivity contribution in [2.45, 2.75) is 89.3 Å². The summed E-state index contributed by atoms with van der Waals surface area (Å²) in [6.07, 6.45) is 9.55. The van der Waals surface area contributed by atoms with Gasteiger partial charge in [0.05, 0.1) is 25.0 Å². The minimum atomic E-state index is 0.0479. The van der Waals surface area contributed by atoms with Gasteiger partial charge in [-0.05, 0) is 51.0 Å². The molecule has 3 aliphatic rings. The molecule has 0 aromatic heterocycles. The van der Waals surface area contributed by atoms with Crippen LogP contribution in [0.1, 0.15) is 76.7 Å². The topological polar surface area (TPSA) is 26.3 Å². The molecule has 0 radical (unpaired) electrons. The Hall–Kier alpha value is -1.35. The number of hydrogen-bond donors (Lipinski definition) is 0. The fourth-order valence-corrected chi connectivity index (χ4v) is 6.70. The molecule has 2 aliphatic heterocycles. The van der Waals surface area contributed by atoms with Crippen LogP contribution in [0.15, 0.2) is 30.3 Å². The van der Waals surface area contributed by atoms with Crippen LogP contribution < -0.4 is 0 Å². The van der Waals surface area contributed by atoms with Crippen molar-refractivity contribution in [1.29, 1.82) is 0 Å². The number of carbonyl (C=O) groups is 1. The van der Waals surface area contributed by atoms with Crippen molar-refractivity contribution in [2.24, 2.45) is 5.92 Å². The number of quaternary nitrogens is 1. The molecular formula is C24H36NO2+. The number of hydrogen-bond acceptors (Lipinski definition) is 2. The average molecular weight is 371 g/mol. The Labute approximate surface area is 164 Å². The fraction of sp³-hybridized carbons (Fsp3) is 0.708. The van der Waals surface area contributed by atoms with Crippen molar-refractivity contribution in [3.63, 3.8) is 0 Å². The Balaban J connectivity index is 1.50. The van der Waals surface area contributed by atoms with Crippen LogP contribution in [0.5, 0.6) is 0 Å². The first-order valence-corrected chi connectivity index (χ1v) is 11.3. The molecule has 2 unspecified atom stereocenters. The van der Waals surface area contributed by atoms with Crippen LogP contribution in [-0.4, -0.2) is 41.7 Å². The Morgan fingerprint density at radius 1 is 1.00 bits per heavy atom. The van der Waals surface area contributed by atoms with Gasteiger partial charge in [0.2, 0.25) is 0 Å². The quantitative estimate of drug-likeness (QED) is 0.535. The standard InChI is InChI=1S/C24H36NO2/c1-3-25(4-2)19-13-10-16-22(25)23(17-19)27-24(26)21-15-9-8-14-20(21)18-11-6-5-7-12-18/h5-7,11-12,19-23H,3-4,8-10,13-17H2,1-2H3/q+1/t19-,20?,21?,22+,23+/m0/s1. The lowest BCUT2D eigenvalue weighted by atomic mass is 9.75. The van der Waals surface area contributed by atoms with Gasteiger partial charge in [-0.1, -0.05) is 43.2 Å². The van der Waals surface area contributed by atoms with Crippen molar-refractivity contribution < 1.29 is 14.0 Å². The van der Waals surface area contributed by atoms with Gasteiger partial charge in [0.15, 0.2) is 6.10 Å². The molecule has 0 spiro atoms. The molecule has 1 aromatic rings. The molecule has 27 heavy (non-hydrogen) atoms. The molecule has 3 fully saturated rings. The van der Waals surface area contributed by atoms with Gasteiger partial charge >= 0.3 is 5.97 Å². The van der Waals surface area contributed by atoms with Crippen molar-refractivity contribution in [2.75, 3.05) is 13.1 Å². The van der Waals surface area contributed by atoms with Crippen LogP contribution in [-0.2, 0) is 9.53 Å². The lowest BCUT2D eigenvalue weighted by Crippen LogP contribution is -2.60. The van der Waals surface area contributed by atoms with Crippen LogP contribution >= 0.6 is 0 Å². The molecule has 0 amide bonds. The summed E-state index contributed by atoms with van der Waals surface area (Å²) in [7, 11) is 0. The number of esters is 1.